The molecule has 1 amide bonds. The number of piperazine rings is 1. The minimum atomic E-state index is -0.802. The predicted molar refractivity (Wildman–Crippen MR) is 45.0 cm³/mol. The first-order chi connectivity index (χ1) is 6.11. The summed E-state index contributed by atoms with van der Waals surface area (Å²) in [5, 5.41) is 21.9. The van der Waals surface area contributed by atoms with Gasteiger partial charge in [-0.2, -0.15) is 0 Å². The van der Waals surface area contributed by atoms with E-state index in [1.165, 1.54) is 0 Å². The van der Waals surface area contributed by atoms with Crippen LogP contribution in [0.3, 0.4) is 0 Å². The van der Waals surface area contributed by atoms with Gasteiger partial charge in [-0.3, -0.25) is 4.79 Å². The molecule has 2 rings (SSSR count). The monoisotopic (exact) mass is 186 g/mol. The van der Waals surface area contributed by atoms with Gasteiger partial charge < -0.3 is 20.4 Å². The number of nitrogens with one attached hydrogen (secondary N) is 1. The number of nitrogens with zero attached hydrogens (tertiary/aromatic N) is 1. The predicted octanol–water partition coefficient (Wildman–Crippen LogP) is -2.09. The number of fused-ring (bicyclic) bond motifs is 1. The molecule has 13 heavy (non-hydrogen) atoms. The molecule has 0 bridgehead atoms. The lowest BCUT2D eigenvalue weighted by molar-refractivity contribution is -0.137. The Balaban J connectivity index is 2.17. The zero-order chi connectivity index (χ0) is 9.59. The molecule has 2 aliphatic rings. The fourth-order valence-electron chi connectivity index (χ4n) is 2.00. The molecule has 2 heterocycles. The quantitative estimate of drug-likeness (QED) is 0.405. The van der Waals surface area contributed by atoms with Gasteiger partial charge in [0.2, 0.25) is 5.91 Å². The number of rotatable bonds is 0. The van der Waals surface area contributed by atoms with E-state index >= 15 is 0 Å². The summed E-state index contributed by atoms with van der Waals surface area (Å²) in [6.07, 6.45) is -1.59. The zero-order valence-corrected chi connectivity index (χ0v) is 7.47. The maximum absolute atomic E-state index is 11.5. The number of carbonyl (C=O) groups is 1. The van der Waals surface area contributed by atoms with E-state index < -0.39 is 12.2 Å². The summed E-state index contributed by atoms with van der Waals surface area (Å²) in [4.78, 5) is 13.1. The molecule has 2 aliphatic heterocycles. The maximum Gasteiger partial charge on any atom is 0.239 e. The maximum atomic E-state index is 11.5. The fraction of sp³-hybridized carbons (Fsp3) is 0.875. The molecule has 0 spiro atoms. The summed E-state index contributed by atoms with van der Waals surface area (Å²) in [5.41, 5.74) is 0. The van der Waals surface area contributed by atoms with Crippen LogP contribution in [0.25, 0.3) is 0 Å². The second kappa shape index (κ2) is 2.94. The second-order valence-corrected chi connectivity index (χ2v) is 3.75. The van der Waals surface area contributed by atoms with Crippen molar-refractivity contribution in [2.75, 3.05) is 13.1 Å². The van der Waals surface area contributed by atoms with E-state index in [0.29, 0.717) is 6.54 Å². The molecule has 0 aromatic rings. The lowest BCUT2D eigenvalue weighted by Crippen LogP contribution is -2.58. The Morgan fingerprint density at radius 3 is 2.92 bits per heavy atom. The zero-order valence-electron chi connectivity index (χ0n) is 7.47. The molecule has 5 heteroatoms. The molecular weight excluding hydrogens is 172 g/mol. The van der Waals surface area contributed by atoms with Crippen molar-refractivity contribution >= 4 is 5.91 Å². The molecule has 0 aromatic heterocycles. The Morgan fingerprint density at radius 1 is 1.54 bits per heavy atom. The van der Waals surface area contributed by atoms with Gasteiger partial charge >= 0.3 is 0 Å². The van der Waals surface area contributed by atoms with Gasteiger partial charge in [-0.1, -0.05) is 0 Å². The first-order valence-electron chi connectivity index (χ1n) is 4.51. The Labute approximate surface area is 76.3 Å². The van der Waals surface area contributed by atoms with Crippen LogP contribution in [0.1, 0.15) is 6.92 Å². The third kappa shape index (κ3) is 1.23. The fourth-order valence-corrected chi connectivity index (χ4v) is 2.00. The number of amides is 1. The normalized spacial score (nSPS) is 45.2. The van der Waals surface area contributed by atoms with Crippen LogP contribution in [-0.2, 0) is 4.79 Å². The van der Waals surface area contributed by atoms with Crippen LogP contribution in [0.2, 0.25) is 0 Å². The van der Waals surface area contributed by atoms with Crippen LogP contribution in [0.4, 0.5) is 0 Å². The van der Waals surface area contributed by atoms with E-state index in [4.69, 9.17) is 0 Å². The highest BCUT2D eigenvalue weighted by atomic mass is 16.3. The first kappa shape index (κ1) is 8.93. The molecule has 74 valence electrons. The summed E-state index contributed by atoms with van der Waals surface area (Å²) in [6, 6.07) is -0.451. The van der Waals surface area contributed by atoms with Crippen LogP contribution in [0.5, 0.6) is 0 Å². The Bertz CT molecular complexity index is 233. The first-order valence-corrected chi connectivity index (χ1v) is 4.51. The topological polar surface area (TPSA) is 72.8 Å². The minimum Gasteiger partial charge on any atom is -0.388 e. The summed E-state index contributed by atoms with van der Waals surface area (Å²) >= 11 is 0. The highest BCUT2D eigenvalue weighted by Crippen LogP contribution is 2.21. The van der Waals surface area contributed by atoms with Crippen molar-refractivity contribution in [2.45, 2.75) is 31.2 Å². The third-order valence-electron chi connectivity index (χ3n) is 2.86. The lowest BCUT2D eigenvalue weighted by Gasteiger charge is -2.34. The summed E-state index contributed by atoms with van der Waals surface area (Å²) in [5.74, 6) is -0.0353. The molecule has 2 saturated heterocycles. The molecule has 3 N–H and O–H groups in total. The standard InChI is InChI=1S/C8H14N2O3/c1-4-8(13)10-3-6(11)7(12)5(10)2-9-4/h4-7,9,11-12H,2-3H2,1H3/t4-,5-,6-,7-/m0/s1. The summed E-state index contributed by atoms with van der Waals surface area (Å²) in [6.45, 7) is 2.61. The molecular formula is C8H14N2O3. The smallest absolute Gasteiger partial charge is 0.239 e. The van der Waals surface area contributed by atoms with E-state index in [1.54, 1.807) is 11.8 Å². The molecule has 2 fully saturated rings. The SMILES string of the molecule is C[C@@H]1NC[C@H]2[C@H](O)[C@@H](O)CN2C1=O. The number of hydrogen-bond donors (Lipinski definition) is 3. The number of hydrogen-bond acceptors (Lipinski definition) is 4. The molecule has 0 unspecified atom stereocenters. The Morgan fingerprint density at radius 2 is 2.23 bits per heavy atom. The number of carbonyl (C=O) groups excluding carboxylic acids is 1. The summed E-state index contributed by atoms with van der Waals surface area (Å²) < 4.78 is 0. The van der Waals surface area contributed by atoms with Gasteiger partial charge in [-0.05, 0) is 6.92 Å². The largest absolute Gasteiger partial charge is 0.388 e. The van der Waals surface area contributed by atoms with Gasteiger partial charge in [-0.25, -0.2) is 0 Å². The van der Waals surface area contributed by atoms with Gasteiger partial charge in [0.25, 0.3) is 0 Å². The van der Waals surface area contributed by atoms with Gasteiger partial charge in [0.05, 0.1) is 18.2 Å². The van der Waals surface area contributed by atoms with E-state index in [0.717, 1.165) is 0 Å². The van der Waals surface area contributed by atoms with E-state index in [2.05, 4.69) is 5.32 Å². The average molecular weight is 186 g/mol. The second-order valence-electron chi connectivity index (χ2n) is 3.75. The highest BCUT2D eigenvalue weighted by molar-refractivity contribution is 5.83. The van der Waals surface area contributed by atoms with Gasteiger partial charge in [0.1, 0.15) is 6.10 Å². The molecule has 0 saturated carbocycles. The van der Waals surface area contributed by atoms with Crippen molar-refractivity contribution in [1.29, 1.82) is 0 Å². The van der Waals surface area contributed by atoms with Crippen molar-refractivity contribution in [3.63, 3.8) is 0 Å². The van der Waals surface area contributed by atoms with Crippen molar-refractivity contribution in [2.24, 2.45) is 0 Å². The van der Waals surface area contributed by atoms with E-state index in [9.17, 15) is 15.0 Å². The van der Waals surface area contributed by atoms with Crippen LogP contribution in [0, 0.1) is 0 Å². The molecule has 5 nitrogen and oxygen atoms in total. The van der Waals surface area contributed by atoms with Crippen molar-refractivity contribution < 1.29 is 15.0 Å². The van der Waals surface area contributed by atoms with Crippen LogP contribution in [-0.4, -0.2) is 58.4 Å². The Hall–Kier alpha value is -0.650. The average Bonchev–Trinajstić information content (AvgIpc) is 2.38. The van der Waals surface area contributed by atoms with Crippen LogP contribution < -0.4 is 5.32 Å². The minimum absolute atomic E-state index is 0.0353. The number of aliphatic hydroxyl groups is 2. The van der Waals surface area contributed by atoms with Gasteiger partial charge in [-0.15, -0.1) is 0 Å². The van der Waals surface area contributed by atoms with Crippen LogP contribution in [0.15, 0.2) is 0 Å². The van der Waals surface area contributed by atoms with E-state index in [-0.39, 0.29) is 24.5 Å². The molecule has 0 aliphatic carbocycles. The number of aliphatic hydroxyl groups excluding tert-OH is 2. The van der Waals surface area contributed by atoms with Crippen molar-refractivity contribution in [3.05, 3.63) is 0 Å². The summed E-state index contributed by atoms with van der Waals surface area (Å²) in [7, 11) is 0. The van der Waals surface area contributed by atoms with E-state index in [1.807, 2.05) is 0 Å². The molecule has 0 radical (unpaired) electrons. The third-order valence-corrected chi connectivity index (χ3v) is 2.86. The highest BCUT2D eigenvalue weighted by Gasteiger charge is 2.45. The van der Waals surface area contributed by atoms with Crippen molar-refractivity contribution in [1.82, 2.24) is 10.2 Å². The van der Waals surface area contributed by atoms with Gasteiger partial charge in [0.15, 0.2) is 0 Å². The van der Waals surface area contributed by atoms with Crippen molar-refractivity contribution in [3.8, 4) is 0 Å². The van der Waals surface area contributed by atoms with Crippen LogP contribution >= 0.6 is 0 Å². The molecule has 4 atom stereocenters. The van der Waals surface area contributed by atoms with Gasteiger partial charge in [0, 0.05) is 13.1 Å². The molecule has 0 aromatic carbocycles. The lowest BCUT2D eigenvalue weighted by atomic mass is 10.1. The Kier molecular flexibility index (Phi) is 2.02.